The minimum Gasteiger partial charge on any atom is -0.504 e. The van der Waals surface area contributed by atoms with Crippen molar-refractivity contribution in [1.29, 1.82) is 0 Å². The first-order valence-electron chi connectivity index (χ1n) is 22.4. The molecule has 378 valence electrons. The number of carbonyl (C=O) groups excluding carboxylic acids is 5. The Morgan fingerprint density at radius 1 is 0.944 bits per heavy atom. The van der Waals surface area contributed by atoms with Gasteiger partial charge in [-0.2, -0.15) is 0 Å². The zero-order chi connectivity index (χ0) is 52.3. The van der Waals surface area contributed by atoms with Crippen molar-refractivity contribution < 1.29 is 62.5 Å². The van der Waals surface area contributed by atoms with Gasteiger partial charge in [-0.3, -0.25) is 19.8 Å². The molecular weight excluding hydrogens is 988 g/mol. The van der Waals surface area contributed by atoms with Crippen molar-refractivity contribution in [2.75, 3.05) is 18.2 Å². The average molecular weight is 1040 g/mol. The molecule has 72 heavy (non-hydrogen) atoms. The summed E-state index contributed by atoms with van der Waals surface area (Å²) >= 11 is 8.53. The van der Waals surface area contributed by atoms with E-state index in [-0.39, 0.29) is 45.4 Å². The molecule has 4 N–H and O–H groups in total. The van der Waals surface area contributed by atoms with Gasteiger partial charge in [0.1, 0.15) is 46.4 Å². The van der Waals surface area contributed by atoms with Crippen molar-refractivity contribution in [3.63, 3.8) is 0 Å². The van der Waals surface area contributed by atoms with Gasteiger partial charge in [-0.25, -0.2) is 23.9 Å². The number of hydrogen-bond donors (Lipinski definition) is 4. The van der Waals surface area contributed by atoms with Crippen LogP contribution >= 0.6 is 34.7 Å². The molecule has 0 spiro atoms. The number of phenolic OH excluding ortho intramolecular Hbond substituents is 2. The number of thioether (sulfide) groups is 1. The van der Waals surface area contributed by atoms with Crippen LogP contribution in [0.4, 0.5) is 9.93 Å². The Labute approximate surface area is 428 Å². The highest BCUT2D eigenvalue weighted by Crippen LogP contribution is 2.42. The predicted octanol–water partition coefficient (Wildman–Crippen LogP) is 8.00. The number of fused-ring (bicyclic) bond motifs is 2. The van der Waals surface area contributed by atoms with Gasteiger partial charge in [0.05, 0.1) is 17.5 Å². The van der Waals surface area contributed by atoms with Gasteiger partial charge in [0.2, 0.25) is 5.60 Å². The number of ether oxygens (including phenoxy) is 4. The van der Waals surface area contributed by atoms with Gasteiger partial charge < -0.3 is 39.3 Å². The molecule has 0 bridgehead atoms. The fourth-order valence-electron chi connectivity index (χ4n) is 7.11. The molecule has 5 aromatic rings. The summed E-state index contributed by atoms with van der Waals surface area (Å²) in [5.41, 5.74) is -0.852. The number of carbonyl (C=O) groups is 5. The lowest BCUT2D eigenvalue weighted by atomic mass is 10.0. The quantitative estimate of drug-likeness (QED) is 0.0148. The van der Waals surface area contributed by atoms with Crippen LogP contribution in [0.1, 0.15) is 77.8 Å². The fraction of sp³-hybridized carbons (Fsp3) is 0.333. The van der Waals surface area contributed by atoms with Gasteiger partial charge in [-0.05, 0) is 90.3 Å². The topological polar surface area (TPSA) is 228 Å². The number of oxime groups is 1. The van der Waals surface area contributed by atoms with E-state index >= 15 is 0 Å². The second-order valence-corrected chi connectivity index (χ2v) is 21.5. The molecule has 2 aliphatic heterocycles. The van der Waals surface area contributed by atoms with Crippen molar-refractivity contribution in [1.82, 2.24) is 15.2 Å². The molecule has 21 heteroatoms. The molecule has 0 aliphatic carbocycles. The van der Waals surface area contributed by atoms with E-state index in [9.17, 15) is 34.2 Å². The van der Waals surface area contributed by atoms with Crippen LogP contribution in [0, 0.1) is 0 Å². The maximum absolute atomic E-state index is 14.2. The van der Waals surface area contributed by atoms with Gasteiger partial charge in [0.15, 0.2) is 41.3 Å². The number of rotatable bonds is 15. The third-order valence-corrected chi connectivity index (χ3v) is 13.1. The molecule has 0 unspecified atom stereocenters. The smallest absolute Gasteiger partial charge is 0.413 e. The second kappa shape index (κ2) is 21.3. The van der Waals surface area contributed by atoms with Crippen LogP contribution in [-0.2, 0) is 51.4 Å². The number of hydrogen-bond acceptors (Lipinski definition) is 16. The van der Waals surface area contributed by atoms with E-state index in [1.165, 1.54) is 42.0 Å². The van der Waals surface area contributed by atoms with Crippen molar-refractivity contribution in [2.24, 2.45) is 5.16 Å². The summed E-state index contributed by atoms with van der Waals surface area (Å²) in [6, 6.07) is 16.8. The minimum absolute atomic E-state index is 0.0106. The predicted molar refractivity (Wildman–Crippen MR) is 271 cm³/mol. The summed E-state index contributed by atoms with van der Waals surface area (Å²) in [6.45, 7) is 13.4. The Morgan fingerprint density at radius 2 is 1.62 bits per heavy atom. The maximum Gasteiger partial charge on any atom is 0.413 e. The number of thiazole rings is 1. The van der Waals surface area contributed by atoms with E-state index in [4.69, 9.17) is 35.4 Å². The molecule has 3 aromatic carbocycles. The van der Waals surface area contributed by atoms with Crippen LogP contribution < -0.4 is 19.9 Å². The van der Waals surface area contributed by atoms with E-state index in [0.29, 0.717) is 34.2 Å². The summed E-state index contributed by atoms with van der Waals surface area (Å²) in [5.74, 6) is -2.83. The molecule has 2 atom stereocenters. The highest BCUT2D eigenvalue weighted by atomic mass is 35.5. The van der Waals surface area contributed by atoms with Gasteiger partial charge in [-0.15, -0.1) is 23.1 Å². The van der Waals surface area contributed by atoms with Crippen LogP contribution in [0.5, 0.6) is 17.2 Å². The minimum atomic E-state index is -1.68. The average Bonchev–Trinajstić information content (AvgIpc) is 3.77. The van der Waals surface area contributed by atoms with Crippen LogP contribution in [0.3, 0.4) is 0 Å². The number of benzene rings is 3. The highest BCUT2D eigenvalue weighted by Gasteiger charge is 2.54. The van der Waals surface area contributed by atoms with Crippen LogP contribution in [-0.4, -0.2) is 96.7 Å². The summed E-state index contributed by atoms with van der Waals surface area (Å²) in [4.78, 5) is 79.6. The number of aromatic nitrogens is 2. The van der Waals surface area contributed by atoms with Gasteiger partial charge >= 0.3 is 18.0 Å². The molecule has 1 saturated heterocycles. The second-order valence-electron chi connectivity index (χ2n) is 19.1. The lowest BCUT2D eigenvalue weighted by Gasteiger charge is -2.49. The third-order valence-electron chi connectivity index (χ3n) is 10.7. The normalized spacial score (nSPS) is 16.2. The molecule has 4 heterocycles. The summed E-state index contributed by atoms with van der Waals surface area (Å²) in [5, 5.41) is 31.5. The number of pyridine rings is 1. The molecule has 0 saturated carbocycles. The lowest BCUT2D eigenvalue weighted by Crippen LogP contribution is -2.71. The standard InChI is InChI=1S/C51H53ClN6O12S2/c1-49(2,3)68-46(64)51(7,8)70-56-38(35-27-72-47(53-35)55-48(65)69-50(4,5)6)42(61)54-39-43(62)58-40(45(63)67-25-30-15-18-33(66-9)19-16-30)31(26-71-44(39)58)17-14-28-10-12-29(13-11-28)23-57-21-20-34-32(24-57)22-36(59)41(60)37(34)52/h10-22,24,27,39,44H,23,25-26H2,1-9H3,(H3,53,54,55,59,61,65)/p+1/b17-14+,56-38-/t39-,44-/m1/s1. The first-order chi connectivity index (χ1) is 33.9. The van der Waals surface area contributed by atoms with Crippen molar-refractivity contribution in [2.45, 2.75) is 96.8 Å². The van der Waals surface area contributed by atoms with Crippen LogP contribution in [0.2, 0.25) is 5.02 Å². The summed E-state index contributed by atoms with van der Waals surface area (Å²) < 4.78 is 23.8. The number of β-lactam (4-membered cyclic amide) rings is 1. The zero-order valence-corrected chi connectivity index (χ0v) is 43.3. The number of methoxy groups -OCH3 is 1. The first kappa shape index (κ1) is 52.7. The Balaban J connectivity index is 1.12. The molecule has 2 aromatic heterocycles. The van der Waals surface area contributed by atoms with E-state index in [0.717, 1.165) is 22.5 Å². The van der Waals surface area contributed by atoms with Crippen molar-refractivity contribution >= 4 is 92.2 Å². The maximum atomic E-state index is 14.2. The lowest BCUT2D eigenvalue weighted by molar-refractivity contribution is -0.687. The number of anilines is 1. The third kappa shape index (κ3) is 12.6. The molecular formula is C51H54ClN6O12S2+. The molecule has 0 radical (unpaired) electrons. The zero-order valence-electron chi connectivity index (χ0n) is 40.9. The number of nitrogens with one attached hydrogen (secondary N) is 2. The Bertz CT molecular complexity index is 3010. The van der Waals surface area contributed by atoms with Crippen LogP contribution in [0.25, 0.3) is 16.8 Å². The van der Waals surface area contributed by atoms with Crippen molar-refractivity contribution in [3.05, 3.63) is 123 Å². The fourth-order valence-corrected chi connectivity index (χ4v) is 9.38. The van der Waals surface area contributed by atoms with Gasteiger partial charge in [0, 0.05) is 28.1 Å². The number of nitrogens with zero attached hydrogens (tertiary/aromatic N) is 4. The van der Waals surface area contributed by atoms with E-state index in [2.05, 4.69) is 20.8 Å². The highest BCUT2D eigenvalue weighted by molar-refractivity contribution is 8.00. The summed E-state index contributed by atoms with van der Waals surface area (Å²) in [6.07, 6.45) is 6.43. The number of halogens is 1. The van der Waals surface area contributed by atoms with E-state index in [1.54, 1.807) is 85.1 Å². The molecule has 2 aliphatic rings. The molecule has 3 amide bonds. The SMILES string of the molecule is COc1ccc(COC(=O)C2=C(/C=C/c3ccc(C[n+]4ccc5c(Cl)c(O)c(O)cc5c4)cc3)CS[C@@H]3[C@H](NC(=O)/C(=N\OC(C)(C)C(=O)OC(C)(C)C)c4csc(NC(=O)OC(C)(C)C)n4)C(=O)N23)cc1. The van der Waals surface area contributed by atoms with Crippen LogP contribution in [0.15, 0.2) is 101 Å². The van der Waals surface area contributed by atoms with Crippen molar-refractivity contribution in [3.8, 4) is 17.2 Å². The Kier molecular flexibility index (Phi) is 15.6. The number of esters is 2. The largest absolute Gasteiger partial charge is 0.504 e. The Hall–Kier alpha value is -7.16. The number of phenols is 2. The summed E-state index contributed by atoms with van der Waals surface area (Å²) in [7, 11) is 1.54. The van der Waals surface area contributed by atoms with E-state index in [1.807, 2.05) is 47.3 Å². The molecule has 18 nitrogen and oxygen atoms in total. The Morgan fingerprint density at radius 3 is 2.29 bits per heavy atom. The number of allylic oxidation sites excluding steroid dienone is 1. The van der Waals surface area contributed by atoms with Gasteiger partial charge in [0.25, 0.3) is 11.8 Å². The monoisotopic (exact) mass is 1040 g/mol. The molecule has 7 rings (SSSR count). The van der Waals surface area contributed by atoms with Gasteiger partial charge in [-0.1, -0.05) is 65.3 Å². The number of aromatic hydroxyl groups is 2. The first-order valence-corrected chi connectivity index (χ1v) is 24.7. The van der Waals surface area contributed by atoms with E-state index < -0.39 is 63.8 Å². The molecule has 1 fully saturated rings. The number of amides is 3.